The van der Waals surface area contributed by atoms with Crippen molar-refractivity contribution in [3.05, 3.63) is 0 Å². The molecule has 0 aliphatic heterocycles. The summed E-state index contributed by atoms with van der Waals surface area (Å²) in [5, 5.41) is 2.83. The molecule has 0 spiro atoms. The van der Waals surface area contributed by atoms with E-state index < -0.39 is 0 Å². The second-order valence-electron chi connectivity index (χ2n) is 6.08. The molecule has 1 N–H and O–H groups in total. The molecule has 3 nitrogen and oxygen atoms in total. The Labute approximate surface area is 99.9 Å². The van der Waals surface area contributed by atoms with Crippen molar-refractivity contribution in [1.29, 1.82) is 0 Å². The highest BCUT2D eigenvalue weighted by molar-refractivity contribution is 5.72. The van der Waals surface area contributed by atoms with E-state index in [1.54, 1.807) is 0 Å². The second-order valence-corrected chi connectivity index (χ2v) is 6.08. The van der Waals surface area contributed by atoms with Gasteiger partial charge in [-0.25, -0.2) is 0 Å². The van der Waals surface area contributed by atoms with Gasteiger partial charge in [-0.05, 0) is 11.8 Å². The van der Waals surface area contributed by atoms with Crippen LogP contribution in [0.2, 0.25) is 0 Å². The Morgan fingerprint density at radius 2 is 1.62 bits per heavy atom. The van der Waals surface area contributed by atoms with Crippen LogP contribution < -0.4 is 5.32 Å². The van der Waals surface area contributed by atoms with Gasteiger partial charge >= 0.3 is 0 Å². The molecule has 0 radical (unpaired) electrons. The van der Waals surface area contributed by atoms with Crippen LogP contribution in [0.25, 0.3) is 0 Å². The molecule has 0 unspecified atom stereocenters. The van der Waals surface area contributed by atoms with Crippen LogP contribution in [0.3, 0.4) is 0 Å². The molecule has 16 heavy (non-hydrogen) atoms. The first kappa shape index (κ1) is 15.4. The van der Waals surface area contributed by atoms with Gasteiger partial charge in [-0.1, -0.05) is 34.6 Å². The molecule has 0 aromatic heterocycles. The molecule has 0 rings (SSSR count). The monoisotopic (exact) mass is 229 g/mol. The maximum atomic E-state index is 10.8. The lowest BCUT2D eigenvalue weighted by molar-refractivity contribution is -0.119. The fourth-order valence-corrected chi connectivity index (χ4v) is 1.12. The molecule has 3 heteroatoms. The van der Waals surface area contributed by atoms with Gasteiger partial charge in [0.05, 0.1) is 13.2 Å². The molecule has 0 saturated carbocycles. The quantitative estimate of drug-likeness (QED) is 0.728. The zero-order valence-electron chi connectivity index (χ0n) is 11.6. The van der Waals surface area contributed by atoms with Crippen LogP contribution in [0.15, 0.2) is 0 Å². The standard InChI is InChI=1S/C13H27NO2/c1-7-12(3,4)9-16-10-13(5,6)8-14-11(2)15/h7-10H2,1-6H3,(H,14,15). The van der Waals surface area contributed by atoms with E-state index in [1.165, 1.54) is 6.92 Å². The Bertz CT molecular complexity index is 222. The average Bonchev–Trinajstić information content (AvgIpc) is 2.14. The maximum Gasteiger partial charge on any atom is 0.216 e. The zero-order valence-corrected chi connectivity index (χ0v) is 11.6. The van der Waals surface area contributed by atoms with E-state index in [0.717, 1.165) is 13.0 Å². The molecule has 0 bridgehead atoms. The van der Waals surface area contributed by atoms with Crippen molar-refractivity contribution in [1.82, 2.24) is 5.32 Å². The molecule has 0 fully saturated rings. The van der Waals surface area contributed by atoms with Crippen LogP contribution in [0.4, 0.5) is 0 Å². The van der Waals surface area contributed by atoms with E-state index in [1.807, 2.05) is 0 Å². The van der Waals surface area contributed by atoms with E-state index >= 15 is 0 Å². The molecule has 0 saturated heterocycles. The molecular weight excluding hydrogens is 202 g/mol. The predicted octanol–water partition coefficient (Wildman–Crippen LogP) is 2.60. The minimum absolute atomic E-state index is 0.00447. The summed E-state index contributed by atoms with van der Waals surface area (Å²) in [5.41, 5.74) is 0.236. The summed E-state index contributed by atoms with van der Waals surface area (Å²) < 4.78 is 5.74. The highest BCUT2D eigenvalue weighted by Gasteiger charge is 2.21. The summed E-state index contributed by atoms with van der Waals surface area (Å²) in [6.07, 6.45) is 1.11. The Morgan fingerprint density at radius 1 is 1.12 bits per heavy atom. The number of carbonyl (C=O) groups is 1. The highest BCUT2D eigenvalue weighted by atomic mass is 16.5. The summed E-state index contributed by atoms with van der Waals surface area (Å²) >= 11 is 0. The van der Waals surface area contributed by atoms with Crippen LogP contribution in [0, 0.1) is 10.8 Å². The Morgan fingerprint density at radius 3 is 2.06 bits per heavy atom. The summed E-state index contributed by atoms with van der Waals surface area (Å²) in [5.74, 6) is 0.0157. The largest absolute Gasteiger partial charge is 0.380 e. The van der Waals surface area contributed by atoms with Gasteiger partial charge in [-0.15, -0.1) is 0 Å². The number of hydrogen-bond acceptors (Lipinski definition) is 2. The normalized spacial score (nSPS) is 12.6. The number of carbonyl (C=O) groups excluding carboxylic acids is 1. The fourth-order valence-electron chi connectivity index (χ4n) is 1.12. The van der Waals surface area contributed by atoms with Crippen LogP contribution in [0.5, 0.6) is 0 Å². The molecule has 0 aliphatic carbocycles. The first-order valence-corrected chi connectivity index (χ1v) is 6.01. The van der Waals surface area contributed by atoms with Crippen molar-refractivity contribution in [2.45, 2.75) is 48.0 Å². The van der Waals surface area contributed by atoms with Gasteiger partial charge in [0.25, 0.3) is 0 Å². The van der Waals surface area contributed by atoms with E-state index in [2.05, 4.69) is 39.9 Å². The number of hydrogen-bond donors (Lipinski definition) is 1. The Hall–Kier alpha value is -0.570. The van der Waals surface area contributed by atoms with Crippen molar-refractivity contribution in [2.24, 2.45) is 10.8 Å². The topological polar surface area (TPSA) is 38.3 Å². The smallest absolute Gasteiger partial charge is 0.216 e. The average molecular weight is 229 g/mol. The van der Waals surface area contributed by atoms with Gasteiger partial charge < -0.3 is 10.1 Å². The molecule has 0 atom stereocenters. The SMILES string of the molecule is CCC(C)(C)COCC(C)(C)CNC(C)=O. The van der Waals surface area contributed by atoms with Gasteiger partial charge in [0.2, 0.25) is 5.91 Å². The van der Waals surface area contributed by atoms with Gasteiger partial charge in [-0.3, -0.25) is 4.79 Å². The van der Waals surface area contributed by atoms with Crippen molar-refractivity contribution in [2.75, 3.05) is 19.8 Å². The summed E-state index contributed by atoms with van der Waals surface area (Å²) in [6, 6.07) is 0. The van der Waals surface area contributed by atoms with Gasteiger partial charge in [0.15, 0.2) is 0 Å². The first-order chi connectivity index (χ1) is 7.18. The minimum Gasteiger partial charge on any atom is -0.380 e. The van der Waals surface area contributed by atoms with Crippen LogP contribution in [0.1, 0.15) is 48.0 Å². The highest BCUT2D eigenvalue weighted by Crippen LogP contribution is 2.22. The predicted molar refractivity (Wildman–Crippen MR) is 67.4 cm³/mol. The molecular formula is C13H27NO2. The zero-order chi connectivity index (χ0) is 12.8. The van der Waals surface area contributed by atoms with E-state index in [4.69, 9.17) is 4.74 Å². The fraction of sp³-hybridized carbons (Fsp3) is 0.923. The molecule has 96 valence electrons. The molecule has 1 amide bonds. The number of amides is 1. The van der Waals surface area contributed by atoms with Crippen molar-refractivity contribution in [3.63, 3.8) is 0 Å². The second kappa shape index (κ2) is 6.24. The van der Waals surface area contributed by atoms with Gasteiger partial charge in [0.1, 0.15) is 0 Å². The number of rotatable bonds is 7. The van der Waals surface area contributed by atoms with Crippen LogP contribution in [-0.2, 0) is 9.53 Å². The molecule has 0 aliphatic rings. The minimum atomic E-state index is -0.00447. The van der Waals surface area contributed by atoms with Crippen molar-refractivity contribution >= 4 is 5.91 Å². The van der Waals surface area contributed by atoms with Gasteiger partial charge in [0, 0.05) is 18.9 Å². The number of ether oxygens (including phenoxy) is 1. The van der Waals surface area contributed by atoms with E-state index in [-0.39, 0.29) is 16.7 Å². The summed E-state index contributed by atoms with van der Waals surface area (Å²) in [7, 11) is 0. The molecule has 0 aromatic carbocycles. The Balaban J connectivity index is 3.86. The third-order valence-corrected chi connectivity index (χ3v) is 2.76. The lowest BCUT2D eigenvalue weighted by Gasteiger charge is -2.28. The lowest BCUT2D eigenvalue weighted by Crippen LogP contribution is -2.36. The van der Waals surface area contributed by atoms with Crippen molar-refractivity contribution in [3.8, 4) is 0 Å². The van der Waals surface area contributed by atoms with Crippen molar-refractivity contribution < 1.29 is 9.53 Å². The van der Waals surface area contributed by atoms with E-state index in [9.17, 15) is 4.79 Å². The van der Waals surface area contributed by atoms with Gasteiger partial charge in [-0.2, -0.15) is 0 Å². The van der Waals surface area contributed by atoms with Crippen LogP contribution >= 0.6 is 0 Å². The first-order valence-electron chi connectivity index (χ1n) is 6.01. The molecule has 0 heterocycles. The third-order valence-electron chi connectivity index (χ3n) is 2.76. The number of nitrogens with one attached hydrogen (secondary N) is 1. The third kappa shape index (κ3) is 7.69. The summed E-state index contributed by atoms with van der Waals surface area (Å²) in [4.78, 5) is 10.8. The summed E-state index contributed by atoms with van der Waals surface area (Å²) in [6.45, 7) is 14.4. The molecule has 0 aromatic rings. The van der Waals surface area contributed by atoms with Crippen LogP contribution in [-0.4, -0.2) is 25.7 Å². The van der Waals surface area contributed by atoms with E-state index in [0.29, 0.717) is 13.2 Å². The Kier molecular flexibility index (Phi) is 6.01. The maximum absolute atomic E-state index is 10.8. The lowest BCUT2D eigenvalue weighted by atomic mass is 9.91.